The van der Waals surface area contributed by atoms with Crippen molar-refractivity contribution in [2.24, 2.45) is 11.1 Å². The quantitative estimate of drug-likeness (QED) is 0.801. The molecule has 0 rings (SSSR count). The minimum atomic E-state index is -1.48. The van der Waals surface area contributed by atoms with Crippen LogP contribution in [-0.4, -0.2) is 30.5 Å². The maximum absolute atomic E-state index is 14.0. The Hall–Kier alpha value is -0.840. The van der Waals surface area contributed by atoms with Crippen molar-refractivity contribution in [1.82, 2.24) is 5.32 Å². The molecule has 5 heteroatoms. The van der Waals surface area contributed by atoms with Crippen molar-refractivity contribution >= 4 is 6.09 Å². The molecule has 0 fully saturated rings. The van der Waals surface area contributed by atoms with Crippen LogP contribution in [-0.2, 0) is 4.74 Å². The van der Waals surface area contributed by atoms with E-state index >= 15 is 0 Å². The van der Waals surface area contributed by atoms with E-state index in [1.54, 1.807) is 27.7 Å². The Morgan fingerprint density at radius 3 is 2.00 bits per heavy atom. The minimum Gasteiger partial charge on any atom is -0.444 e. The predicted molar refractivity (Wildman–Crippen MR) is 66.6 cm³/mol. The molecule has 1 unspecified atom stereocenters. The van der Waals surface area contributed by atoms with Crippen molar-refractivity contribution in [1.29, 1.82) is 0 Å². The van der Waals surface area contributed by atoms with Gasteiger partial charge in [0.15, 0.2) is 0 Å². The van der Waals surface area contributed by atoms with Gasteiger partial charge in [-0.3, -0.25) is 0 Å². The standard InChI is InChI=1S/C12H25FN2O2/c1-10(2,3)17-9(16)15-8-12(6,7-14)11(4,5)13/h7-8,14H2,1-6H3,(H,15,16). The molecule has 0 radical (unpaired) electrons. The van der Waals surface area contributed by atoms with Crippen molar-refractivity contribution < 1.29 is 13.9 Å². The van der Waals surface area contributed by atoms with E-state index in [0.717, 1.165) is 0 Å². The first-order chi connectivity index (χ1) is 7.41. The summed E-state index contributed by atoms with van der Waals surface area (Å²) in [5.74, 6) is 0. The Kier molecular flexibility index (Phi) is 4.95. The molecule has 0 aliphatic heterocycles. The molecule has 0 aromatic heterocycles. The lowest BCUT2D eigenvalue weighted by Crippen LogP contribution is -2.51. The van der Waals surface area contributed by atoms with Gasteiger partial charge in [0.2, 0.25) is 0 Å². The molecule has 0 saturated carbocycles. The SMILES string of the molecule is CC(C)(C)OC(=O)NCC(C)(CN)C(C)(C)F. The van der Waals surface area contributed by atoms with E-state index in [4.69, 9.17) is 10.5 Å². The van der Waals surface area contributed by atoms with E-state index in [0.29, 0.717) is 0 Å². The fraction of sp³-hybridized carbons (Fsp3) is 0.917. The number of hydrogen-bond acceptors (Lipinski definition) is 3. The molecule has 0 aromatic carbocycles. The predicted octanol–water partition coefficient (Wildman–Crippen LogP) is 2.22. The first kappa shape index (κ1) is 16.2. The average molecular weight is 248 g/mol. The number of halogens is 1. The highest BCUT2D eigenvalue weighted by molar-refractivity contribution is 5.67. The third kappa shape index (κ3) is 5.35. The van der Waals surface area contributed by atoms with Crippen molar-refractivity contribution in [2.75, 3.05) is 13.1 Å². The molecule has 102 valence electrons. The molecule has 3 N–H and O–H groups in total. The number of ether oxygens (including phenoxy) is 1. The van der Waals surface area contributed by atoms with Crippen LogP contribution in [0.15, 0.2) is 0 Å². The third-order valence-corrected chi connectivity index (χ3v) is 2.91. The average Bonchev–Trinajstić information content (AvgIpc) is 2.09. The fourth-order valence-electron chi connectivity index (χ4n) is 1.11. The number of hydrogen-bond donors (Lipinski definition) is 2. The molecule has 0 heterocycles. The van der Waals surface area contributed by atoms with E-state index in [1.165, 1.54) is 13.8 Å². The Morgan fingerprint density at radius 2 is 1.71 bits per heavy atom. The lowest BCUT2D eigenvalue weighted by molar-refractivity contribution is 0.0288. The molecule has 4 nitrogen and oxygen atoms in total. The molecule has 0 aliphatic carbocycles. The monoisotopic (exact) mass is 248 g/mol. The van der Waals surface area contributed by atoms with Crippen LogP contribution >= 0.6 is 0 Å². The number of nitrogens with one attached hydrogen (secondary N) is 1. The topological polar surface area (TPSA) is 64.3 Å². The van der Waals surface area contributed by atoms with Crippen molar-refractivity contribution in [3.63, 3.8) is 0 Å². The summed E-state index contributed by atoms with van der Waals surface area (Å²) in [7, 11) is 0. The van der Waals surface area contributed by atoms with Gasteiger partial charge in [-0.05, 0) is 34.6 Å². The molecule has 17 heavy (non-hydrogen) atoms. The molecule has 0 saturated heterocycles. The Bertz CT molecular complexity index is 269. The lowest BCUT2D eigenvalue weighted by Gasteiger charge is -2.37. The van der Waals surface area contributed by atoms with Crippen LogP contribution in [0.5, 0.6) is 0 Å². The summed E-state index contributed by atoms with van der Waals surface area (Å²) < 4.78 is 19.0. The number of nitrogens with two attached hydrogens (primary N) is 1. The Morgan fingerprint density at radius 1 is 1.24 bits per heavy atom. The maximum Gasteiger partial charge on any atom is 0.407 e. The van der Waals surface area contributed by atoms with Crippen LogP contribution in [0.4, 0.5) is 9.18 Å². The van der Waals surface area contributed by atoms with E-state index in [-0.39, 0.29) is 13.1 Å². The molecular formula is C12H25FN2O2. The second kappa shape index (κ2) is 5.21. The molecule has 0 aliphatic rings. The summed E-state index contributed by atoms with van der Waals surface area (Å²) in [5, 5.41) is 2.56. The first-order valence-electron chi connectivity index (χ1n) is 5.77. The van der Waals surface area contributed by atoms with Gasteiger partial charge in [-0.25, -0.2) is 9.18 Å². The van der Waals surface area contributed by atoms with Crippen molar-refractivity contribution in [3.05, 3.63) is 0 Å². The summed E-state index contributed by atoms with van der Waals surface area (Å²) in [4.78, 5) is 11.5. The van der Waals surface area contributed by atoms with E-state index in [9.17, 15) is 9.18 Å². The summed E-state index contributed by atoms with van der Waals surface area (Å²) in [6.45, 7) is 10.2. The summed E-state index contributed by atoms with van der Waals surface area (Å²) >= 11 is 0. The summed E-state index contributed by atoms with van der Waals surface area (Å²) in [6.07, 6.45) is -0.554. The van der Waals surface area contributed by atoms with Crippen LogP contribution in [0, 0.1) is 5.41 Å². The highest BCUT2D eigenvalue weighted by Gasteiger charge is 2.40. The smallest absolute Gasteiger partial charge is 0.407 e. The highest BCUT2D eigenvalue weighted by Crippen LogP contribution is 2.32. The first-order valence-corrected chi connectivity index (χ1v) is 5.77. The van der Waals surface area contributed by atoms with E-state index in [1.807, 2.05) is 0 Å². The van der Waals surface area contributed by atoms with Crippen LogP contribution in [0.1, 0.15) is 41.5 Å². The number of alkyl carbamates (subject to hydrolysis) is 1. The molecule has 0 aromatic rings. The van der Waals surface area contributed by atoms with Gasteiger partial charge in [0.05, 0.1) is 0 Å². The second-order valence-corrected chi connectivity index (χ2v) is 6.09. The van der Waals surface area contributed by atoms with Gasteiger partial charge < -0.3 is 15.8 Å². The second-order valence-electron chi connectivity index (χ2n) is 6.09. The minimum absolute atomic E-state index is 0.141. The van der Waals surface area contributed by atoms with Gasteiger partial charge in [0.25, 0.3) is 0 Å². The van der Waals surface area contributed by atoms with Crippen molar-refractivity contribution in [2.45, 2.75) is 52.8 Å². The van der Waals surface area contributed by atoms with Crippen LogP contribution < -0.4 is 11.1 Å². The number of carbonyl (C=O) groups is 1. The van der Waals surface area contributed by atoms with Gasteiger partial charge >= 0.3 is 6.09 Å². The number of amides is 1. The van der Waals surface area contributed by atoms with Gasteiger partial charge in [-0.15, -0.1) is 0 Å². The summed E-state index contributed by atoms with van der Waals surface area (Å²) in [6, 6.07) is 0. The largest absolute Gasteiger partial charge is 0.444 e. The van der Waals surface area contributed by atoms with Gasteiger partial charge in [0.1, 0.15) is 11.3 Å². The Balaban J connectivity index is 4.40. The van der Waals surface area contributed by atoms with E-state index in [2.05, 4.69) is 5.32 Å². The maximum atomic E-state index is 14.0. The van der Waals surface area contributed by atoms with Crippen molar-refractivity contribution in [3.8, 4) is 0 Å². The zero-order chi connectivity index (χ0) is 13.9. The molecule has 1 amide bonds. The van der Waals surface area contributed by atoms with E-state index < -0.39 is 22.8 Å². The molecular weight excluding hydrogens is 223 g/mol. The zero-order valence-corrected chi connectivity index (χ0v) is 11.7. The Labute approximate surface area is 103 Å². The van der Waals surface area contributed by atoms with Gasteiger partial charge in [-0.1, -0.05) is 6.92 Å². The zero-order valence-electron chi connectivity index (χ0n) is 11.7. The molecule has 0 spiro atoms. The molecule has 1 atom stereocenters. The number of alkyl halides is 1. The van der Waals surface area contributed by atoms with Gasteiger partial charge in [0, 0.05) is 18.5 Å². The number of carbonyl (C=O) groups excluding carboxylic acids is 1. The van der Waals surface area contributed by atoms with Crippen LogP contribution in [0.3, 0.4) is 0 Å². The number of rotatable bonds is 4. The lowest BCUT2D eigenvalue weighted by atomic mass is 9.76. The fourth-order valence-corrected chi connectivity index (χ4v) is 1.11. The van der Waals surface area contributed by atoms with Gasteiger partial charge in [-0.2, -0.15) is 0 Å². The van der Waals surface area contributed by atoms with Crippen LogP contribution in [0.25, 0.3) is 0 Å². The highest BCUT2D eigenvalue weighted by atomic mass is 19.1. The normalized spacial score (nSPS) is 16.2. The third-order valence-electron chi connectivity index (χ3n) is 2.91. The molecule has 0 bridgehead atoms. The summed E-state index contributed by atoms with van der Waals surface area (Å²) in [5.41, 5.74) is 2.72. The van der Waals surface area contributed by atoms with Crippen LogP contribution in [0.2, 0.25) is 0 Å².